The van der Waals surface area contributed by atoms with Crippen LogP contribution < -0.4 is 16.4 Å². The lowest BCUT2D eigenvalue weighted by atomic mass is 9.92. The molecule has 0 unspecified atom stereocenters. The predicted molar refractivity (Wildman–Crippen MR) is 74.9 cm³/mol. The summed E-state index contributed by atoms with van der Waals surface area (Å²) < 4.78 is 4.05. The molecule has 0 aromatic carbocycles. The first-order chi connectivity index (χ1) is 8.63. The zero-order chi connectivity index (χ0) is 13.1. The van der Waals surface area contributed by atoms with Crippen LogP contribution in [0.15, 0.2) is 0 Å². The van der Waals surface area contributed by atoms with Gasteiger partial charge in [-0.1, -0.05) is 19.8 Å². The Balaban J connectivity index is 2.08. The lowest BCUT2D eigenvalue weighted by Gasteiger charge is -2.32. The molecule has 0 bridgehead atoms. The van der Waals surface area contributed by atoms with Crippen LogP contribution >= 0.6 is 11.5 Å². The van der Waals surface area contributed by atoms with Crippen LogP contribution in [0.1, 0.15) is 43.0 Å². The fourth-order valence-electron chi connectivity index (χ4n) is 2.57. The van der Waals surface area contributed by atoms with Gasteiger partial charge in [-0.3, -0.25) is 4.79 Å². The van der Waals surface area contributed by atoms with E-state index in [4.69, 9.17) is 11.5 Å². The molecular weight excluding hydrogens is 248 g/mol. The van der Waals surface area contributed by atoms with E-state index in [2.05, 4.69) is 16.2 Å². The summed E-state index contributed by atoms with van der Waals surface area (Å²) in [5, 5.41) is 0.843. The zero-order valence-electron chi connectivity index (χ0n) is 10.7. The number of rotatable bonds is 4. The van der Waals surface area contributed by atoms with E-state index in [1.165, 1.54) is 37.2 Å². The molecule has 0 radical (unpaired) electrons. The highest BCUT2D eigenvalue weighted by Gasteiger charge is 2.25. The number of hydrogen-bond donors (Lipinski definition) is 2. The molecule has 2 heterocycles. The molecule has 0 aliphatic carbocycles. The minimum Gasteiger partial charge on any atom is -0.382 e. The van der Waals surface area contributed by atoms with Gasteiger partial charge in [-0.25, -0.2) is 0 Å². The van der Waals surface area contributed by atoms with Gasteiger partial charge in [0.25, 0.3) is 5.91 Å². The number of nitrogens with two attached hydrogens (primary N) is 2. The van der Waals surface area contributed by atoms with Crippen LogP contribution in [0.25, 0.3) is 0 Å². The molecule has 1 amide bonds. The Morgan fingerprint density at radius 2 is 2.17 bits per heavy atom. The molecule has 18 heavy (non-hydrogen) atoms. The third kappa shape index (κ3) is 2.58. The highest BCUT2D eigenvalue weighted by atomic mass is 32.1. The zero-order valence-corrected chi connectivity index (χ0v) is 11.5. The van der Waals surface area contributed by atoms with Gasteiger partial charge in [0.1, 0.15) is 10.6 Å². The van der Waals surface area contributed by atoms with Crippen LogP contribution in [-0.4, -0.2) is 23.4 Å². The summed E-state index contributed by atoms with van der Waals surface area (Å²) in [6, 6.07) is 0. The molecule has 6 heteroatoms. The average Bonchev–Trinajstić information content (AvgIpc) is 2.73. The van der Waals surface area contributed by atoms with Crippen LogP contribution in [0.2, 0.25) is 0 Å². The number of carbonyl (C=O) groups excluding carboxylic acids is 1. The number of hydrogen-bond acceptors (Lipinski definition) is 5. The number of carbonyl (C=O) groups is 1. The minimum atomic E-state index is -0.480. The Morgan fingerprint density at radius 3 is 2.72 bits per heavy atom. The molecule has 1 aliphatic rings. The Labute approximate surface area is 111 Å². The molecule has 1 aliphatic heterocycles. The number of piperidine rings is 1. The molecule has 1 aromatic rings. The highest BCUT2D eigenvalue weighted by molar-refractivity contribution is 7.11. The van der Waals surface area contributed by atoms with Crippen molar-refractivity contribution in [3.05, 3.63) is 5.56 Å². The molecule has 0 saturated carbocycles. The van der Waals surface area contributed by atoms with Crippen molar-refractivity contribution >= 4 is 28.3 Å². The summed E-state index contributed by atoms with van der Waals surface area (Å²) in [5.74, 6) is 0.596. The van der Waals surface area contributed by atoms with Gasteiger partial charge >= 0.3 is 0 Å². The van der Waals surface area contributed by atoms with E-state index >= 15 is 0 Å². The number of nitrogen functional groups attached to an aromatic ring is 1. The second kappa shape index (κ2) is 5.56. The maximum Gasteiger partial charge on any atom is 0.255 e. The maximum atomic E-state index is 11.4. The summed E-state index contributed by atoms with van der Waals surface area (Å²) in [6.07, 6.45) is 4.87. The van der Waals surface area contributed by atoms with Gasteiger partial charge in [-0.15, -0.1) is 0 Å². The lowest BCUT2D eigenvalue weighted by molar-refractivity contribution is 0.100. The van der Waals surface area contributed by atoms with Crippen molar-refractivity contribution in [2.45, 2.75) is 32.6 Å². The molecule has 2 rings (SSSR count). The van der Waals surface area contributed by atoms with Gasteiger partial charge < -0.3 is 16.4 Å². The van der Waals surface area contributed by atoms with E-state index in [1.54, 1.807) is 0 Å². The van der Waals surface area contributed by atoms with Crippen LogP contribution in [0.3, 0.4) is 0 Å². The largest absolute Gasteiger partial charge is 0.382 e. The Kier molecular flexibility index (Phi) is 4.06. The molecule has 1 saturated heterocycles. The van der Waals surface area contributed by atoms with Crippen LogP contribution in [-0.2, 0) is 0 Å². The Bertz CT molecular complexity index is 424. The molecule has 0 atom stereocenters. The van der Waals surface area contributed by atoms with Crippen LogP contribution in [0, 0.1) is 5.92 Å². The fraction of sp³-hybridized carbons (Fsp3) is 0.667. The topological polar surface area (TPSA) is 85.2 Å². The average molecular weight is 268 g/mol. The van der Waals surface area contributed by atoms with E-state index in [0.29, 0.717) is 5.56 Å². The van der Waals surface area contributed by atoms with Gasteiger partial charge in [0.2, 0.25) is 0 Å². The van der Waals surface area contributed by atoms with Gasteiger partial charge in [0.15, 0.2) is 5.82 Å². The summed E-state index contributed by atoms with van der Waals surface area (Å²) >= 11 is 1.28. The SMILES string of the molecule is CCCC1CCN(c2snc(N)c2C(N)=O)CC1. The third-order valence-corrected chi connectivity index (χ3v) is 4.47. The van der Waals surface area contributed by atoms with Crippen LogP contribution in [0.5, 0.6) is 0 Å². The molecular formula is C12H20N4OS. The Morgan fingerprint density at radius 1 is 1.50 bits per heavy atom. The normalized spacial score (nSPS) is 17.1. The smallest absolute Gasteiger partial charge is 0.255 e. The van der Waals surface area contributed by atoms with Gasteiger partial charge in [0, 0.05) is 13.1 Å². The number of anilines is 2. The second-order valence-corrected chi connectivity index (χ2v) is 5.58. The molecule has 1 fully saturated rings. The molecule has 5 nitrogen and oxygen atoms in total. The first-order valence-corrected chi connectivity index (χ1v) is 7.20. The maximum absolute atomic E-state index is 11.4. The summed E-state index contributed by atoms with van der Waals surface area (Å²) in [6.45, 7) is 4.15. The van der Waals surface area contributed by atoms with Crippen molar-refractivity contribution in [3.63, 3.8) is 0 Å². The minimum absolute atomic E-state index is 0.262. The second-order valence-electron chi connectivity index (χ2n) is 4.83. The summed E-state index contributed by atoms with van der Waals surface area (Å²) in [7, 11) is 0. The van der Waals surface area contributed by atoms with Crippen molar-refractivity contribution in [1.29, 1.82) is 0 Å². The third-order valence-electron chi connectivity index (χ3n) is 3.55. The first-order valence-electron chi connectivity index (χ1n) is 6.43. The first kappa shape index (κ1) is 13.1. The van der Waals surface area contributed by atoms with Crippen molar-refractivity contribution in [2.75, 3.05) is 23.7 Å². The number of amides is 1. The number of aromatic nitrogens is 1. The van der Waals surface area contributed by atoms with E-state index in [0.717, 1.165) is 24.0 Å². The predicted octanol–water partition coefficient (Wildman–Crippen LogP) is 1.84. The van der Waals surface area contributed by atoms with Crippen LogP contribution in [0.4, 0.5) is 10.8 Å². The number of primary amides is 1. The van der Waals surface area contributed by atoms with E-state index in [1.807, 2.05) is 0 Å². The Hall–Kier alpha value is -1.30. The van der Waals surface area contributed by atoms with Gasteiger partial charge in [0.05, 0.1) is 0 Å². The summed E-state index contributed by atoms with van der Waals surface area (Å²) in [4.78, 5) is 13.6. The van der Waals surface area contributed by atoms with Crippen molar-refractivity contribution < 1.29 is 4.79 Å². The van der Waals surface area contributed by atoms with E-state index < -0.39 is 5.91 Å². The molecule has 1 aromatic heterocycles. The standard InChI is InChI=1S/C12H20N4OS/c1-2-3-8-4-6-16(7-5-8)12-9(11(14)17)10(13)15-18-12/h8H,2-7H2,1H3,(H2,13,15)(H2,14,17). The van der Waals surface area contributed by atoms with Gasteiger partial charge in [-0.05, 0) is 30.3 Å². The van der Waals surface area contributed by atoms with Crippen molar-refractivity contribution in [2.24, 2.45) is 11.7 Å². The van der Waals surface area contributed by atoms with E-state index in [9.17, 15) is 4.79 Å². The fourth-order valence-corrected chi connectivity index (χ4v) is 3.44. The highest BCUT2D eigenvalue weighted by Crippen LogP contribution is 2.33. The van der Waals surface area contributed by atoms with E-state index in [-0.39, 0.29) is 5.82 Å². The summed E-state index contributed by atoms with van der Waals surface area (Å²) in [5.41, 5.74) is 11.5. The molecule has 0 spiro atoms. The molecule has 4 N–H and O–H groups in total. The van der Waals surface area contributed by atoms with Gasteiger partial charge in [-0.2, -0.15) is 4.37 Å². The van der Waals surface area contributed by atoms with Crippen molar-refractivity contribution in [1.82, 2.24) is 4.37 Å². The van der Waals surface area contributed by atoms with Crippen molar-refractivity contribution in [3.8, 4) is 0 Å². The number of nitrogens with zero attached hydrogens (tertiary/aromatic N) is 2. The monoisotopic (exact) mass is 268 g/mol. The quantitative estimate of drug-likeness (QED) is 0.872. The lowest BCUT2D eigenvalue weighted by Crippen LogP contribution is -2.34. The molecule has 100 valence electrons.